The van der Waals surface area contributed by atoms with Crippen LogP contribution in [-0.4, -0.2) is 43.8 Å². The fraction of sp³-hybridized carbons (Fsp3) is 0.381. The highest BCUT2D eigenvalue weighted by atomic mass is 16.3. The molecule has 142 valence electrons. The monoisotopic (exact) mass is 367 g/mol. The number of aryl methyl sites for hydroxylation is 1. The summed E-state index contributed by atoms with van der Waals surface area (Å²) in [4.78, 5) is 31.1. The highest BCUT2D eigenvalue weighted by Crippen LogP contribution is 2.34. The van der Waals surface area contributed by atoms with E-state index in [9.17, 15) is 14.7 Å². The maximum absolute atomic E-state index is 12.7. The summed E-state index contributed by atoms with van der Waals surface area (Å²) in [7, 11) is 0. The van der Waals surface area contributed by atoms with Crippen molar-refractivity contribution in [3.05, 3.63) is 60.7 Å². The van der Waals surface area contributed by atoms with Crippen molar-refractivity contribution in [2.75, 3.05) is 6.54 Å². The molecule has 1 amide bonds. The minimum Gasteiger partial charge on any atom is -0.508 e. The summed E-state index contributed by atoms with van der Waals surface area (Å²) in [5.41, 5.74) is 0.752. The van der Waals surface area contributed by atoms with E-state index in [4.69, 9.17) is 0 Å². The number of imidazole rings is 1. The molecule has 1 fully saturated rings. The zero-order valence-electron chi connectivity index (χ0n) is 15.7. The van der Waals surface area contributed by atoms with Crippen LogP contribution in [0.15, 0.2) is 55.1 Å². The zero-order valence-corrected chi connectivity index (χ0v) is 15.7. The van der Waals surface area contributed by atoms with E-state index < -0.39 is 11.8 Å². The van der Waals surface area contributed by atoms with Gasteiger partial charge in [0.2, 0.25) is 5.78 Å². The molecule has 0 saturated carbocycles. The number of carbonyl (C=O) groups is 2. The molecule has 3 rings (SSSR count). The first kappa shape index (κ1) is 18.9. The van der Waals surface area contributed by atoms with E-state index >= 15 is 0 Å². The Morgan fingerprint density at radius 2 is 1.93 bits per heavy atom. The molecule has 6 heteroatoms. The molecule has 2 heterocycles. The number of likely N-dealkylation sites (tertiary alicyclic amines) is 1. The van der Waals surface area contributed by atoms with Gasteiger partial charge in [0.25, 0.3) is 5.91 Å². The minimum atomic E-state index is -0.540. The highest BCUT2D eigenvalue weighted by molar-refractivity contribution is 6.40. The Labute approximate surface area is 159 Å². The van der Waals surface area contributed by atoms with E-state index in [2.05, 4.69) is 18.8 Å². The first-order valence-corrected chi connectivity index (χ1v) is 9.25. The fourth-order valence-corrected chi connectivity index (χ4v) is 3.42. The lowest BCUT2D eigenvalue weighted by Crippen LogP contribution is -2.35. The molecule has 2 atom stereocenters. The molecule has 2 aromatic rings. The molecule has 1 aliphatic rings. The van der Waals surface area contributed by atoms with E-state index in [0.29, 0.717) is 12.5 Å². The predicted octanol–water partition coefficient (Wildman–Crippen LogP) is 2.75. The minimum absolute atomic E-state index is 0.141. The largest absolute Gasteiger partial charge is 0.508 e. The topological polar surface area (TPSA) is 75.4 Å². The molecule has 27 heavy (non-hydrogen) atoms. The number of aromatic nitrogens is 2. The van der Waals surface area contributed by atoms with Gasteiger partial charge in [0.1, 0.15) is 5.75 Å². The number of Topliss-reactive ketones (excluding diaryl/α,β-unsaturated/α-hetero) is 1. The summed E-state index contributed by atoms with van der Waals surface area (Å²) < 4.78 is 1.96. The maximum atomic E-state index is 12.7. The maximum Gasteiger partial charge on any atom is 0.291 e. The molecule has 1 aliphatic heterocycles. The summed E-state index contributed by atoms with van der Waals surface area (Å²) in [6.45, 7) is 5.37. The summed E-state index contributed by atoms with van der Waals surface area (Å²) in [6.07, 6.45) is 10.1. The Morgan fingerprint density at radius 1 is 1.19 bits per heavy atom. The number of benzene rings is 1. The molecule has 6 nitrogen and oxygen atoms in total. The average molecular weight is 367 g/mol. The predicted molar refractivity (Wildman–Crippen MR) is 102 cm³/mol. The second-order valence-corrected chi connectivity index (χ2v) is 7.21. The Bertz CT molecular complexity index is 810. The number of hydrogen-bond donors (Lipinski definition) is 1. The number of nitrogens with zero attached hydrogens (tertiary/aromatic N) is 3. The molecule has 1 aromatic carbocycles. The van der Waals surface area contributed by atoms with Gasteiger partial charge >= 0.3 is 0 Å². The lowest BCUT2D eigenvalue weighted by atomic mass is 9.90. The standard InChI is InChI=1S/C21H25N3O3/c1-15(2)4-9-18-19(16-5-7-17(25)8-6-16)20(26)21(27)24(18)12-3-11-23-13-10-22-14-23/h4-10,13-15,18-19,25H,3,11-12H2,1-2H3. The third kappa shape index (κ3) is 4.27. The van der Waals surface area contributed by atoms with Gasteiger partial charge in [-0.25, -0.2) is 4.98 Å². The highest BCUT2D eigenvalue weighted by Gasteiger charge is 2.46. The van der Waals surface area contributed by atoms with E-state index in [-0.39, 0.29) is 17.6 Å². The lowest BCUT2D eigenvalue weighted by molar-refractivity contribution is -0.140. The van der Waals surface area contributed by atoms with Crippen molar-refractivity contribution in [1.29, 1.82) is 0 Å². The molecule has 0 aliphatic carbocycles. The van der Waals surface area contributed by atoms with Crippen molar-refractivity contribution in [1.82, 2.24) is 14.5 Å². The van der Waals surface area contributed by atoms with Gasteiger partial charge in [-0.3, -0.25) is 9.59 Å². The number of hydrogen-bond acceptors (Lipinski definition) is 4. The molecule has 1 saturated heterocycles. The van der Waals surface area contributed by atoms with Crippen molar-refractivity contribution in [2.45, 2.75) is 38.8 Å². The zero-order chi connectivity index (χ0) is 19.4. The van der Waals surface area contributed by atoms with Gasteiger partial charge in [0.05, 0.1) is 18.3 Å². The molecule has 1 aromatic heterocycles. The van der Waals surface area contributed by atoms with Crippen LogP contribution in [0.2, 0.25) is 0 Å². The number of allylic oxidation sites excluding steroid dienone is 1. The van der Waals surface area contributed by atoms with Gasteiger partial charge in [0.15, 0.2) is 0 Å². The first-order valence-electron chi connectivity index (χ1n) is 9.25. The third-order valence-electron chi connectivity index (χ3n) is 4.78. The van der Waals surface area contributed by atoms with E-state index in [1.807, 2.05) is 22.9 Å². The third-order valence-corrected chi connectivity index (χ3v) is 4.78. The molecular formula is C21H25N3O3. The summed E-state index contributed by atoms with van der Waals surface area (Å²) in [5, 5.41) is 9.53. The van der Waals surface area contributed by atoms with Gasteiger partial charge < -0.3 is 14.6 Å². The number of phenolic OH excluding ortho intramolecular Hbond substituents is 1. The fourth-order valence-electron chi connectivity index (χ4n) is 3.42. The van der Waals surface area contributed by atoms with Gasteiger partial charge in [-0.15, -0.1) is 0 Å². The number of phenols is 1. The van der Waals surface area contributed by atoms with Gasteiger partial charge in [0, 0.05) is 25.5 Å². The van der Waals surface area contributed by atoms with Crippen LogP contribution in [0, 0.1) is 5.92 Å². The smallest absolute Gasteiger partial charge is 0.291 e. The van der Waals surface area contributed by atoms with E-state index in [0.717, 1.165) is 18.5 Å². The average Bonchev–Trinajstić information content (AvgIpc) is 3.23. The van der Waals surface area contributed by atoms with E-state index in [1.165, 1.54) is 0 Å². The van der Waals surface area contributed by atoms with Crippen LogP contribution in [-0.2, 0) is 16.1 Å². The number of ketones is 1. The van der Waals surface area contributed by atoms with Crippen LogP contribution in [0.25, 0.3) is 0 Å². The summed E-state index contributed by atoms with van der Waals surface area (Å²) in [5.74, 6) is -0.897. The van der Waals surface area contributed by atoms with Gasteiger partial charge in [-0.05, 0) is 30.0 Å². The van der Waals surface area contributed by atoms with Crippen LogP contribution in [0.3, 0.4) is 0 Å². The van der Waals surface area contributed by atoms with Crippen molar-refractivity contribution in [2.24, 2.45) is 5.92 Å². The second kappa shape index (κ2) is 8.20. The van der Waals surface area contributed by atoms with Crippen LogP contribution >= 0.6 is 0 Å². The van der Waals surface area contributed by atoms with Crippen LogP contribution in [0.5, 0.6) is 5.75 Å². The molecule has 0 radical (unpaired) electrons. The Kier molecular flexibility index (Phi) is 5.74. The van der Waals surface area contributed by atoms with Crippen molar-refractivity contribution in [3.8, 4) is 5.75 Å². The quantitative estimate of drug-likeness (QED) is 0.603. The Morgan fingerprint density at radius 3 is 2.56 bits per heavy atom. The molecule has 0 spiro atoms. The van der Waals surface area contributed by atoms with Crippen LogP contribution < -0.4 is 0 Å². The van der Waals surface area contributed by atoms with Gasteiger partial charge in [-0.1, -0.05) is 38.1 Å². The van der Waals surface area contributed by atoms with E-state index in [1.54, 1.807) is 41.7 Å². The van der Waals surface area contributed by atoms with Crippen molar-refractivity contribution in [3.63, 3.8) is 0 Å². The summed E-state index contributed by atoms with van der Waals surface area (Å²) in [6, 6.07) is 6.24. The SMILES string of the molecule is CC(C)C=CC1C(c2ccc(O)cc2)C(=O)C(=O)N1CCCn1ccnc1. The number of rotatable bonds is 7. The molecule has 2 unspecified atom stereocenters. The van der Waals surface area contributed by atoms with Crippen LogP contribution in [0.4, 0.5) is 0 Å². The number of aromatic hydroxyl groups is 1. The van der Waals surface area contributed by atoms with Crippen LogP contribution in [0.1, 0.15) is 31.7 Å². The first-order chi connectivity index (χ1) is 13.0. The van der Waals surface area contributed by atoms with Gasteiger partial charge in [-0.2, -0.15) is 0 Å². The summed E-state index contributed by atoms with van der Waals surface area (Å²) >= 11 is 0. The molecule has 0 bridgehead atoms. The Balaban J connectivity index is 1.82. The normalized spacial score (nSPS) is 20.3. The van der Waals surface area contributed by atoms with Crippen molar-refractivity contribution >= 4 is 11.7 Å². The number of carbonyl (C=O) groups excluding carboxylic acids is 2. The second-order valence-electron chi connectivity index (χ2n) is 7.21. The molecular weight excluding hydrogens is 342 g/mol. The Hall–Kier alpha value is -2.89. The number of amides is 1. The van der Waals surface area contributed by atoms with Crippen molar-refractivity contribution < 1.29 is 14.7 Å². The molecule has 1 N–H and O–H groups in total. The lowest BCUT2D eigenvalue weighted by Gasteiger charge is -2.25.